The van der Waals surface area contributed by atoms with Gasteiger partial charge in [0.15, 0.2) is 0 Å². The van der Waals surface area contributed by atoms with Crippen LogP contribution in [-0.4, -0.2) is 24.6 Å². The van der Waals surface area contributed by atoms with Gasteiger partial charge in [-0.3, -0.25) is 9.59 Å². The molecule has 1 rings (SSSR count). The van der Waals surface area contributed by atoms with Crippen molar-refractivity contribution in [3.8, 4) is 0 Å². The van der Waals surface area contributed by atoms with E-state index in [0.29, 0.717) is 6.61 Å². The van der Waals surface area contributed by atoms with Crippen LogP contribution in [0, 0.1) is 11.8 Å². The Morgan fingerprint density at radius 1 is 1.21 bits per heavy atom. The second-order valence-electron chi connectivity index (χ2n) is 5.24. The normalized spacial score (nSPS) is 26.3. The van der Waals surface area contributed by atoms with Gasteiger partial charge in [-0.25, -0.2) is 0 Å². The molecule has 0 N–H and O–H groups in total. The first-order valence-electron chi connectivity index (χ1n) is 7.48. The van der Waals surface area contributed by atoms with Crippen molar-refractivity contribution >= 4 is 11.9 Å². The lowest BCUT2D eigenvalue weighted by Gasteiger charge is -2.17. The maximum atomic E-state index is 11.9. The van der Waals surface area contributed by atoms with Crippen molar-refractivity contribution < 1.29 is 19.1 Å². The van der Waals surface area contributed by atoms with Gasteiger partial charge in [-0.05, 0) is 19.8 Å². The smallest absolute Gasteiger partial charge is 0.313 e. The lowest BCUT2D eigenvalue weighted by molar-refractivity contribution is -0.151. The SMILES string of the molecule is CCCCCCC[C@H]1OC(=O)[C@H](C)[C@H]1C(=O)OCC. The van der Waals surface area contributed by atoms with Crippen molar-refractivity contribution in [1.29, 1.82) is 0 Å². The van der Waals surface area contributed by atoms with Gasteiger partial charge in [0.1, 0.15) is 12.0 Å². The number of ether oxygens (including phenoxy) is 2. The summed E-state index contributed by atoms with van der Waals surface area (Å²) in [6, 6.07) is 0. The van der Waals surface area contributed by atoms with E-state index < -0.39 is 5.92 Å². The van der Waals surface area contributed by atoms with Crippen LogP contribution in [0.5, 0.6) is 0 Å². The molecule has 1 saturated heterocycles. The maximum absolute atomic E-state index is 11.9. The molecule has 19 heavy (non-hydrogen) atoms. The molecule has 1 heterocycles. The Hall–Kier alpha value is -1.06. The minimum atomic E-state index is -0.418. The molecule has 1 fully saturated rings. The van der Waals surface area contributed by atoms with Gasteiger partial charge in [0.2, 0.25) is 0 Å². The number of rotatable bonds is 8. The largest absolute Gasteiger partial charge is 0.466 e. The summed E-state index contributed by atoms with van der Waals surface area (Å²) < 4.78 is 10.4. The van der Waals surface area contributed by atoms with Crippen LogP contribution < -0.4 is 0 Å². The molecule has 0 aromatic rings. The Kier molecular flexibility index (Phi) is 6.89. The van der Waals surface area contributed by atoms with Gasteiger partial charge in [-0.2, -0.15) is 0 Å². The first-order chi connectivity index (χ1) is 9.11. The summed E-state index contributed by atoms with van der Waals surface area (Å²) in [4.78, 5) is 23.5. The maximum Gasteiger partial charge on any atom is 0.313 e. The van der Waals surface area contributed by atoms with Crippen LogP contribution in [0.25, 0.3) is 0 Å². The van der Waals surface area contributed by atoms with E-state index in [1.807, 2.05) is 0 Å². The highest BCUT2D eigenvalue weighted by molar-refractivity contribution is 5.85. The second-order valence-corrected chi connectivity index (χ2v) is 5.24. The molecule has 0 aromatic carbocycles. The Morgan fingerprint density at radius 3 is 2.53 bits per heavy atom. The standard InChI is InChI=1S/C15H26O4/c1-4-6-7-8-9-10-12-13(15(17)18-5-2)11(3)14(16)19-12/h11-13H,4-10H2,1-3H3/t11-,12-,13-/m1/s1. The number of carbonyl (C=O) groups is 2. The van der Waals surface area contributed by atoms with Gasteiger partial charge < -0.3 is 9.47 Å². The fraction of sp³-hybridized carbons (Fsp3) is 0.867. The van der Waals surface area contributed by atoms with E-state index in [0.717, 1.165) is 19.3 Å². The van der Waals surface area contributed by atoms with Crippen molar-refractivity contribution in [1.82, 2.24) is 0 Å². The van der Waals surface area contributed by atoms with Crippen LogP contribution in [0.3, 0.4) is 0 Å². The Bertz CT molecular complexity index is 301. The van der Waals surface area contributed by atoms with E-state index in [4.69, 9.17) is 9.47 Å². The van der Waals surface area contributed by atoms with E-state index in [1.165, 1.54) is 19.3 Å². The highest BCUT2D eigenvalue weighted by Crippen LogP contribution is 2.32. The van der Waals surface area contributed by atoms with Gasteiger partial charge in [-0.15, -0.1) is 0 Å². The van der Waals surface area contributed by atoms with E-state index in [1.54, 1.807) is 13.8 Å². The number of esters is 2. The van der Waals surface area contributed by atoms with Crippen LogP contribution in [0.15, 0.2) is 0 Å². The minimum Gasteiger partial charge on any atom is -0.466 e. The van der Waals surface area contributed by atoms with Gasteiger partial charge >= 0.3 is 11.9 Å². The molecule has 0 unspecified atom stereocenters. The zero-order valence-electron chi connectivity index (χ0n) is 12.3. The Labute approximate surface area is 115 Å². The molecule has 110 valence electrons. The van der Waals surface area contributed by atoms with Gasteiger partial charge in [0.25, 0.3) is 0 Å². The van der Waals surface area contributed by atoms with Crippen molar-refractivity contribution in [2.45, 2.75) is 65.4 Å². The van der Waals surface area contributed by atoms with Gasteiger partial charge in [0, 0.05) is 0 Å². The molecule has 4 heteroatoms. The highest BCUT2D eigenvalue weighted by atomic mass is 16.6. The van der Waals surface area contributed by atoms with Crippen molar-refractivity contribution in [3.63, 3.8) is 0 Å². The summed E-state index contributed by atoms with van der Waals surface area (Å²) in [6.45, 7) is 6.05. The Balaban J connectivity index is 2.45. The molecule has 0 radical (unpaired) electrons. The molecule has 0 aromatic heterocycles. The lowest BCUT2D eigenvalue weighted by atomic mass is 9.89. The first-order valence-corrected chi connectivity index (χ1v) is 7.48. The molecule has 1 aliphatic heterocycles. The van der Waals surface area contributed by atoms with E-state index in [-0.39, 0.29) is 24.0 Å². The van der Waals surface area contributed by atoms with Crippen LogP contribution >= 0.6 is 0 Å². The molecule has 0 bridgehead atoms. The zero-order chi connectivity index (χ0) is 14.3. The summed E-state index contributed by atoms with van der Waals surface area (Å²) in [5.41, 5.74) is 0. The predicted octanol–water partition coefficient (Wildman–Crippen LogP) is 3.09. The third-order valence-corrected chi connectivity index (χ3v) is 3.73. The average Bonchev–Trinajstić information content (AvgIpc) is 2.65. The second kappa shape index (κ2) is 8.18. The highest BCUT2D eigenvalue weighted by Gasteiger charge is 2.46. The molecule has 0 spiro atoms. The third kappa shape index (κ3) is 4.51. The molecule has 0 saturated carbocycles. The summed E-state index contributed by atoms with van der Waals surface area (Å²) in [5.74, 6) is -1.35. The topological polar surface area (TPSA) is 52.6 Å². The van der Waals surface area contributed by atoms with Crippen LogP contribution in [0.2, 0.25) is 0 Å². The summed E-state index contributed by atoms with van der Waals surface area (Å²) >= 11 is 0. The summed E-state index contributed by atoms with van der Waals surface area (Å²) in [7, 11) is 0. The summed E-state index contributed by atoms with van der Waals surface area (Å²) in [5, 5.41) is 0. The zero-order valence-corrected chi connectivity index (χ0v) is 12.3. The number of hydrogen-bond donors (Lipinski definition) is 0. The fourth-order valence-electron chi connectivity index (χ4n) is 2.58. The monoisotopic (exact) mass is 270 g/mol. The van der Waals surface area contributed by atoms with E-state index >= 15 is 0 Å². The number of unbranched alkanes of at least 4 members (excludes halogenated alkanes) is 4. The third-order valence-electron chi connectivity index (χ3n) is 3.73. The van der Waals surface area contributed by atoms with Crippen molar-refractivity contribution in [2.24, 2.45) is 11.8 Å². The van der Waals surface area contributed by atoms with Crippen molar-refractivity contribution in [3.05, 3.63) is 0 Å². The number of hydrogen-bond acceptors (Lipinski definition) is 4. The number of cyclic esters (lactones) is 1. The molecule has 3 atom stereocenters. The summed E-state index contributed by atoms with van der Waals surface area (Å²) in [6.07, 6.45) is 6.26. The van der Waals surface area contributed by atoms with Gasteiger partial charge in [-0.1, -0.05) is 39.5 Å². The van der Waals surface area contributed by atoms with Gasteiger partial charge in [0.05, 0.1) is 12.5 Å². The Morgan fingerprint density at radius 2 is 1.89 bits per heavy atom. The van der Waals surface area contributed by atoms with E-state index in [9.17, 15) is 9.59 Å². The molecular weight excluding hydrogens is 244 g/mol. The molecule has 0 aliphatic carbocycles. The molecular formula is C15H26O4. The first kappa shape index (κ1) is 16.0. The molecule has 4 nitrogen and oxygen atoms in total. The minimum absolute atomic E-state index is 0.267. The number of carbonyl (C=O) groups excluding carboxylic acids is 2. The fourth-order valence-corrected chi connectivity index (χ4v) is 2.58. The quantitative estimate of drug-likeness (QED) is 0.502. The van der Waals surface area contributed by atoms with Crippen LogP contribution in [0.1, 0.15) is 59.3 Å². The molecule has 0 amide bonds. The van der Waals surface area contributed by atoms with Crippen molar-refractivity contribution in [2.75, 3.05) is 6.61 Å². The average molecular weight is 270 g/mol. The molecule has 1 aliphatic rings. The lowest BCUT2D eigenvalue weighted by Crippen LogP contribution is -2.30. The predicted molar refractivity (Wildman–Crippen MR) is 72.5 cm³/mol. The van der Waals surface area contributed by atoms with Crippen LogP contribution in [-0.2, 0) is 19.1 Å². The van der Waals surface area contributed by atoms with Crippen LogP contribution in [0.4, 0.5) is 0 Å². The van der Waals surface area contributed by atoms with E-state index in [2.05, 4.69) is 6.92 Å².